The Labute approximate surface area is 194 Å². The third-order valence-corrected chi connectivity index (χ3v) is 8.24. The molecule has 0 saturated heterocycles. The Morgan fingerprint density at radius 1 is 1.25 bits per heavy atom. The molecule has 1 aliphatic carbocycles. The average Bonchev–Trinajstić information content (AvgIpc) is 3.37. The maximum Gasteiger partial charge on any atom is 0.277 e. The maximum atomic E-state index is 12.9. The molecule has 1 aromatic carbocycles. The molecule has 0 spiro atoms. The fraction of sp³-hybridized carbons (Fsp3) is 0.417. The highest BCUT2D eigenvalue weighted by Gasteiger charge is 2.24. The van der Waals surface area contributed by atoms with Crippen LogP contribution in [0.15, 0.2) is 44.8 Å². The molecule has 3 aromatic heterocycles. The highest BCUT2D eigenvalue weighted by molar-refractivity contribution is 7.99. The summed E-state index contributed by atoms with van der Waals surface area (Å²) in [5.41, 5.74) is 2.42. The van der Waals surface area contributed by atoms with Gasteiger partial charge in [0.2, 0.25) is 5.89 Å². The van der Waals surface area contributed by atoms with Crippen molar-refractivity contribution in [2.75, 3.05) is 0 Å². The third kappa shape index (κ3) is 4.26. The molecule has 1 aliphatic rings. The third-order valence-electron chi connectivity index (χ3n) is 6.14. The quantitative estimate of drug-likeness (QED) is 0.367. The van der Waals surface area contributed by atoms with E-state index in [-0.39, 0.29) is 10.8 Å². The summed E-state index contributed by atoms with van der Waals surface area (Å²) in [5, 5.41) is 9.60. The minimum Gasteiger partial charge on any atom is -0.416 e. The molecule has 32 heavy (non-hydrogen) atoms. The zero-order valence-corrected chi connectivity index (χ0v) is 20.1. The van der Waals surface area contributed by atoms with Gasteiger partial charge in [-0.3, -0.25) is 4.79 Å². The Morgan fingerprint density at radius 2 is 2.06 bits per heavy atom. The predicted molar refractivity (Wildman–Crippen MR) is 129 cm³/mol. The average molecular weight is 467 g/mol. The number of aryl methyl sites for hydroxylation is 1. The number of fused-ring (bicyclic) bond motifs is 3. The summed E-state index contributed by atoms with van der Waals surface area (Å²) in [6, 6.07) is 10.3. The van der Waals surface area contributed by atoms with E-state index in [9.17, 15) is 4.79 Å². The van der Waals surface area contributed by atoms with Crippen LogP contribution in [0.4, 0.5) is 0 Å². The summed E-state index contributed by atoms with van der Waals surface area (Å²) in [6.45, 7) is 6.43. The van der Waals surface area contributed by atoms with Crippen LogP contribution in [0.2, 0.25) is 0 Å². The first kappa shape index (κ1) is 21.4. The first-order chi connectivity index (χ1) is 15.5. The number of benzene rings is 1. The number of H-pyrrole nitrogens is 1. The van der Waals surface area contributed by atoms with Gasteiger partial charge >= 0.3 is 0 Å². The molecule has 0 fully saturated rings. The summed E-state index contributed by atoms with van der Waals surface area (Å²) < 4.78 is 5.89. The molecule has 3 atom stereocenters. The van der Waals surface area contributed by atoms with E-state index >= 15 is 0 Å². The fourth-order valence-corrected chi connectivity index (χ4v) is 6.44. The van der Waals surface area contributed by atoms with E-state index in [0.29, 0.717) is 35.2 Å². The highest BCUT2D eigenvalue weighted by Crippen LogP contribution is 2.37. The van der Waals surface area contributed by atoms with Crippen molar-refractivity contribution in [3.8, 4) is 0 Å². The summed E-state index contributed by atoms with van der Waals surface area (Å²) in [6.07, 6.45) is 3.83. The largest absolute Gasteiger partial charge is 0.416 e. The minimum absolute atomic E-state index is 0.0348. The van der Waals surface area contributed by atoms with Crippen molar-refractivity contribution >= 4 is 33.3 Å². The first-order valence-corrected chi connectivity index (χ1v) is 12.8. The lowest BCUT2D eigenvalue weighted by atomic mass is 9.89. The van der Waals surface area contributed by atoms with Crippen LogP contribution >= 0.6 is 23.1 Å². The smallest absolute Gasteiger partial charge is 0.277 e. The van der Waals surface area contributed by atoms with Gasteiger partial charge in [0.05, 0.1) is 10.6 Å². The molecule has 0 amide bonds. The Hall–Kier alpha value is -2.45. The topological polar surface area (TPSA) is 84.7 Å². The second kappa shape index (κ2) is 8.83. The van der Waals surface area contributed by atoms with Crippen molar-refractivity contribution in [3.05, 3.63) is 68.4 Å². The van der Waals surface area contributed by atoms with Crippen LogP contribution in [-0.4, -0.2) is 20.2 Å². The Bertz CT molecular complexity index is 1290. The first-order valence-electron chi connectivity index (χ1n) is 11.1. The van der Waals surface area contributed by atoms with Crippen molar-refractivity contribution in [2.24, 2.45) is 5.92 Å². The van der Waals surface area contributed by atoms with Crippen molar-refractivity contribution in [1.29, 1.82) is 0 Å². The van der Waals surface area contributed by atoms with E-state index in [2.05, 4.69) is 41.2 Å². The molecule has 0 saturated carbocycles. The maximum absolute atomic E-state index is 12.9. The van der Waals surface area contributed by atoms with Gasteiger partial charge in [0.15, 0.2) is 0 Å². The zero-order valence-electron chi connectivity index (χ0n) is 18.4. The molecular formula is C24H26N4O2S2. The van der Waals surface area contributed by atoms with E-state index in [1.54, 1.807) is 11.3 Å². The Kier molecular flexibility index (Phi) is 5.90. The standard InChI is InChI=1S/C24H26N4O2S2/c1-13-9-10-17-18(11-13)32-23-20(17)22(29)25-21(26-23)15(3)31-24-28-27-19(30-24)12-14(2)16-7-5-4-6-8-16/h4-8,13-15H,9-12H2,1-3H3,(H,25,26,29). The molecule has 5 rings (SSSR count). The molecule has 3 unspecified atom stereocenters. The van der Waals surface area contributed by atoms with Crippen LogP contribution in [-0.2, 0) is 19.3 Å². The van der Waals surface area contributed by atoms with E-state index in [1.807, 2.05) is 25.1 Å². The van der Waals surface area contributed by atoms with Gasteiger partial charge in [0.25, 0.3) is 10.8 Å². The normalized spacial score (nSPS) is 17.9. The number of rotatable bonds is 6. The van der Waals surface area contributed by atoms with Crippen LogP contribution < -0.4 is 5.56 Å². The van der Waals surface area contributed by atoms with Crippen LogP contribution in [0.25, 0.3) is 10.2 Å². The molecule has 166 valence electrons. The highest BCUT2D eigenvalue weighted by atomic mass is 32.2. The van der Waals surface area contributed by atoms with Crippen LogP contribution in [0, 0.1) is 5.92 Å². The van der Waals surface area contributed by atoms with Gasteiger partial charge in [0.1, 0.15) is 10.7 Å². The van der Waals surface area contributed by atoms with Crippen molar-refractivity contribution in [1.82, 2.24) is 20.2 Å². The number of thiophene rings is 1. The summed E-state index contributed by atoms with van der Waals surface area (Å²) >= 11 is 3.10. The summed E-state index contributed by atoms with van der Waals surface area (Å²) in [4.78, 5) is 22.9. The van der Waals surface area contributed by atoms with E-state index in [1.165, 1.54) is 27.8 Å². The molecule has 1 N–H and O–H groups in total. The Morgan fingerprint density at radius 3 is 2.88 bits per heavy atom. The second-order valence-corrected chi connectivity index (χ2v) is 11.1. The molecule has 3 heterocycles. The molecular weight excluding hydrogens is 440 g/mol. The molecule has 6 nitrogen and oxygen atoms in total. The number of nitrogens with one attached hydrogen (secondary N) is 1. The SMILES string of the molecule is CC1CCc2c(sc3nc(C(C)Sc4nnc(CC(C)c5ccccc5)o4)[nH]c(=O)c23)C1. The number of aromatic amines is 1. The second-order valence-electron chi connectivity index (χ2n) is 8.72. The van der Waals surface area contributed by atoms with Crippen LogP contribution in [0.3, 0.4) is 0 Å². The van der Waals surface area contributed by atoms with Gasteiger partial charge in [-0.05, 0) is 49.1 Å². The zero-order chi connectivity index (χ0) is 22.2. The predicted octanol–water partition coefficient (Wildman–Crippen LogP) is 5.69. The van der Waals surface area contributed by atoms with Crippen LogP contribution in [0.1, 0.15) is 66.1 Å². The lowest BCUT2D eigenvalue weighted by Crippen LogP contribution is -2.15. The molecule has 4 aromatic rings. The number of thioether (sulfide) groups is 1. The van der Waals surface area contributed by atoms with Crippen molar-refractivity contribution in [2.45, 2.75) is 62.8 Å². The number of aromatic nitrogens is 4. The van der Waals surface area contributed by atoms with Gasteiger partial charge < -0.3 is 9.40 Å². The fourth-order valence-electron chi connectivity index (χ4n) is 4.29. The molecule has 0 aliphatic heterocycles. The molecule has 0 radical (unpaired) electrons. The molecule has 8 heteroatoms. The lowest BCUT2D eigenvalue weighted by molar-refractivity contribution is 0.404. The van der Waals surface area contributed by atoms with E-state index < -0.39 is 0 Å². The summed E-state index contributed by atoms with van der Waals surface area (Å²) in [5.74, 6) is 2.23. The van der Waals surface area contributed by atoms with Crippen molar-refractivity contribution in [3.63, 3.8) is 0 Å². The lowest BCUT2D eigenvalue weighted by Gasteiger charge is -2.17. The summed E-state index contributed by atoms with van der Waals surface area (Å²) in [7, 11) is 0. The number of hydrogen-bond donors (Lipinski definition) is 1. The molecule has 0 bridgehead atoms. The number of nitrogens with zero attached hydrogens (tertiary/aromatic N) is 3. The van der Waals surface area contributed by atoms with E-state index in [0.717, 1.165) is 29.5 Å². The van der Waals surface area contributed by atoms with Crippen LogP contribution in [0.5, 0.6) is 0 Å². The van der Waals surface area contributed by atoms with Gasteiger partial charge in [-0.2, -0.15) is 0 Å². The van der Waals surface area contributed by atoms with Gasteiger partial charge in [-0.1, -0.05) is 55.9 Å². The number of hydrogen-bond acceptors (Lipinski definition) is 7. The van der Waals surface area contributed by atoms with E-state index in [4.69, 9.17) is 9.40 Å². The minimum atomic E-state index is -0.106. The Balaban J connectivity index is 1.32. The monoisotopic (exact) mass is 466 g/mol. The van der Waals surface area contributed by atoms with Crippen molar-refractivity contribution < 1.29 is 4.42 Å². The van der Waals surface area contributed by atoms with Gasteiger partial charge in [0, 0.05) is 11.3 Å². The van der Waals surface area contributed by atoms with Gasteiger partial charge in [-0.25, -0.2) is 4.98 Å². The van der Waals surface area contributed by atoms with Gasteiger partial charge in [-0.15, -0.1) is 21.5 Å².